The maximum Gasteiger partial charge on any atom is 0.242 e. The Bertz CT molecular complexity index is 1040. The fraction of sp³-hybridized carbons (Fsp3) is 0.231. The number of nitrogens with one attached hydrogen (secondary N) is 1. The summed E-state index contributed by atoms with van der Waals surface area (Å²) in [4.78, 5) is 28.0. The third-order valence-electron chi connectivity index (χ3n) is 5.25. The van der Waals surface area contributed by atoms with Gasteiger partial charge in [0.05, 0.1) is 5.75 Å². The Morgan fingerprint density at radius 2 is 1.45 bits per heavy atom. The summed E-state index contributed by atoms with van der Waals surface area (Å²) in [5.74, 6) is 0.405. The van der Waals surface area contributed by atoms with Gasteiger partial charge in [0.2, 0.25) is 11.8 Å². The molecule has 0 unspecified atom stereocenters. The molecule has 1 atom stereocenters. The number of likely N-dealkylation sites (N-methyl/N-ethyl adjacent to an activating group) is 1. The Kier molecular flexibility index (Phi) is 9.67. The monoisotopic (exact) mass is 500 g/mol. The maximum atomic E-state index is 13.4. The first-order chi connectivity index (χ1) is 16.0. The fourth-order valence-corrected chi connectivity index (χ4v) is 5.14. The highest BCUT2D eigenvalue weighted by Gasteiger charge is 2.29. The van der Waals surface area contributed by atoms with Crippen molar-refractivity contribution in [2.24, 2.45) is 0 Å². The predicted molar refractivity (Wildman–Crippen MR) is 138 cm³/mol. The molecule has 0 saturated carbocycles. The number of nitrogens with zero attached hydrogens (tertiary/aromatic N) is 1. The van der Waals surface area contributed by atoms with Crippen LogP contribution in [0.5, 0.6) is 0 Å². The van der Waals surface area contributed by atoms with Gasteiger partial charge in [-0.2, -0.15) is 0 Å². The highest BCUT2D eigenvalue weighted by atomic mass is 35.5. The van der Waals surface area contributed by atoms with Crippen molar-refractivity contribution in [1.82, 2.24) is 10.2 Å². The minimum absolute atomic E-state index is 0.114. The number of benzene rings is 3. The van der Waals surface area contributed by atoms with Crippen molar-refractivity contribution in [2.75, 3.05) is 12.8 Å². The largest absolute Gasteiger partial charge is 0.357 e. The molecule has 0 bridgehead atoms. The molecule has 0 aromatic heterocycles. The molecular weight excluding hydrogens is 475 g/mol. The van der Waals surface area contributed by atoms with E-state index in [0.717, 1.165) is 16.7 Å². The van der Waals surface area contributed by atoms with Crippen LogP contribution in [0, 0.1) is 0 Å². The lowest BCUT2D eigenvalue weighted by molar-refractivity contribution is -0.139. The molecule has 0 heterocycles. The van der Waals surface area contributed by atoms with E-state index < -0.39 is 6.04 Å². The van der Waals surface area contributed by atoms with Gasteiger partial charge in [-0.3, -0.25) is 9.59 Å². The summed E-state index contributed by atoms with van der Waals surface area (Å²) >= 11 is 14.0. The van der Waals surface area contributed by atoms with Crippen molar-refractivity contribution in [3.05, 3.63) is 106 Å². The van der Waals surface area contributed by atoms with Gasteiger partial charge in [-0.15, -0.1) is 11.8 Å². The summed E-state index contributed by atoms with van der Waals surface area (Å²) in [5.41, 5.74) is 2.76. The smallest absolute Gasteiger partial charge is 0.242 e. The molecule has 0 fully saturated rings. The normalized spacial score (nSPS) is 11.6. The number of hydrogen-bond acceptors (Lipinski definition) is 3. The number of thioether (sulfide) groups is 1. The van der Waals surface area contributed by atoms with Gasteiger partial charge in [0, 0.05) is 35.8 Å². The van der Waals surface area contributed by atoms with Gasteiger partial charge in [0.25, 0.3) is 0 Å². The van der Waals surface area contributed by atoms with Crippen LogP contribution in [0.25, 0.3) is 0 Å². The second-order valence-corrected chi connectivity index (χ2v) is 9.32. The summed E-state index contributed by atoms with van der Waals surface area (Å²) in [6.45, 7) is 0.345. The van der Waals surface area contributed by atoms with Crippen molar-refractivity contribution in [3.8, 4) is 0 Å². The molecule has 0 aliphatic rings. The summed E-state index contributed by atoms with van der Waals surface area (Å²) in [5, 5.41) is 3.89. The van der Waals surface area contributed by atoms with E-state index in [4.69, 9.17) is 23.2 Å². The lowest BCUT2D eigenvalue weighted by atomic mass is 10.0. The quantitative estimate of drug-likeness (QED) is 0.393. The Balaban J connectivity index is 1.80. The average Bonchev–Trinajstić information content (AvgIpc) is 2.84. The number of rotatable bonds is 10. The topological polar surface area (TPSA) is 49.4 Å². The SMILES string of the molecule is CNC(=O)[C@@H](Cc1ccccc1)N(Cc1ccccc1)C(=O)CSCc1c(Cl)cccc1Cl. The first-order valence-corrected chi connectivity index (χ1v) is 12.5. The minimum Gasteiger partial charge on any atom is -0.357 e. The van der Waals surface area contributed by atoms with Gasteiger partial charge in [0.1, 0.15) is 6.04 Å². The van der Waals surface area contributed by atoms with Crippen LogP contribution in [0.15, 0.2) is 78.9 Å². The van der Waals surface area contributed by atoms with Crippen LogP contribution in [0.2, 0.25) is 10.0 Å². The zero-order valence-electron chi connectivity index (χ0n) is 18.3. The first kappa shape index (κ1) is 25.2. The molecule has 0 spiro atoms. The predicted octanol–water partition coefficient (Wildman–Crippen LogP) is 5.61. The molecule has 0 radical (unpaired) electrons. The molecule has 0 aliphatic heterocycles. The summed E-state index contributed by atoms with van der Waals surface area (Å²) < 4.78 is 0. The van der Waals surface area contributed by atoms with E-state index in [-0.39, 0.29) is 17.6 Å². The third kappa shape index (κ3) is 7.26. The number of hydrogen-bond donors (Lipinski definition) is 1. The number of amides is 2. The van der Waals surface area contributed by atoms with Gasteiger partial charge < -0.3 is 10.2 Å². The molecule has 4 nitrogen and oxygen atoms in total. The lowest BCUT2D eigenvalue weighted by Crippen LogP contribution is -2.50. The van der Waals surface area contributed by atoms with Crippen molar-refractivity contribution < 1.29 is 9.59 Å². The molecular formula is C26H26Cl2N2O2S. The zero-order valence-corrected chi connectivity index (χ0v) is 20.7. The second kappa shape index (κ2) is 12.7. The first-order valence-electron chi connectivity index (χ1n) is 10.6. The second-order valence-electron chi connectivity index (χ2n) is 7.52. The van der Waals surface area contributed by atoms with Crippen LogP contribution in [-0.4, -0.2) is 35.6 Å². The maximum absolute atomic E-state index is 13.4. The molecule has 0 saturated heterocycles. The van der Waals surface area contributed by atoms with E-state index in [1.807, 2.05) is 60.7 Å². The number of halogens is 2. The fourth-order valence-electron chi connectivity index (χ4n) is 3.49. The summed E-state index contributed by atoms with van der Waals surface area (Å²) in [6.07, 6.45) is 0.431. The Hall–Kier alpha value is -2.47. The molecule has 1 N–H and O–H groups in total. The number of carbonyl (C=O) groups excluding carboxylic acids is 2. The molecule has 3 rings (SSSR count). The molecule has 3 aromatic rings. The molecule has 0 aliphatic carbocycles. The minimum atomic E-state index is -0.630. The van der Waals surface area contributed by atoms with E-state index >= 15 is 0 Å². The Morgan fingerprint density at radius 1 is 0.879 bits per heavy atom. The highest BCUT2D eigenvalue weighted by molar-refractivity contribution is 7.99. The van der Waals surface area contributed by atoms with Crippen molar-refractivity contribution >= 4 is 46.8 Å². The standard InChI is InChI=1S/C26H26Cl2N2O2S/c1-29-26(32)24(15-19-9-4-2-5-10-19)30(16-20-11-6-3-7-12-20)25(31)18-33-17-21-22(27)13-8-14-23(21)28/h2-14,24H,15-18H2,1H3,(H,29,32)/t24-/m1/s1. The molecule has 172 valence electrons. The zero-order chi connectivity index (χ0) is 23.6. The van der Waals surface area contributed by atoms with Gasteiger partial charge in [-0.1, -0.05) is 89.9 Å². The van der Waals surface area contributed by atoms with Crippen LogP contribution in [0.4, 0.5) is 0 Å². The van der Waals surface area contributed by atoms with E-state index in [2.05, 4.69) is 5.32 Å². The Labute approximate surface area is 209 Å². The molecule has 33 heavy (non-hydrogen) atoms. The molecule has 7 heteroatoms. The van der Waals surface area contributed by atoms with E-state index in [1.165, 1.54) is 11.8 Å². The van der Waals surface area contributed by atoms with Crippen molar-refractivity contribution in [2.45, 2.75) is 24.8 Å². The highest BCUT2D eigenvalue weighted by Crippen LogP contribution is 2.28. The van der Waals surface area contributed by atoms with Crippen LogP contribution in [-0.2, 0) is 28.3 Å². The van der Waals surface area contributed by atoms with Crippen LogP contribution >= 0.6 is 35.0 Å². The number of carbonyl (C=O) groups is 2. The summed E-state index contributed by atoms with van der Waals surface area (Å²) in [6, 6.07) is 24.2. The van der Waals surface area contributed by atoms with E-state index in [9.17, 15) is 9.59 Å². The van der Waals surface area contributed by atoms with Gasteiger partial charge >= 0.3 is 0 Å². The van der Waals surface area contributed by atoms with Crippen LogP contribution < -0.4 is 5.32 Å². The molecule has 2 amide bonds. The van der Waals surface area contributed by atoms with Crippen LogP contribution in [0.3, 0.4) is 0 Å². The molecule has 3 aromatic carbocycles. The lowest BCUT2D eigenvalue weighted by Gasteiger charge is -2.31. The van der Waals surface area contributed by atoms with E-state index in [0.29, 0.717) is 28.8 Å². The van der Waals surface area contributed by atoms with Crippen molar-refractivity contribution in [1.29, 1.82) is 0 Å². The third-order valence-corrected chi connectivity index (χ3v) is 6.90. The van der Waals surface area contributed by atoms with Gasteiger partial charge in [0.15, 0.2) is 0 Å². The van der Waals surface area contributed by atoms with Gasteiger partial charge in [-0.05, 0) is 28.8 Å². The van der Waals surface area contributed by atoms with Crippen LogP contribution in [0.1, 0.15) is 16.7 Å². The van der Waals surface area contributed by atoms with Crippen molar-refractivity contribution in [3.63, 3.8) is 0 Å². The van der Waals surface area contributed by atoms with Gasteiger partial charge in [-0.25, -0.2) is 0 Å². The average molecular weight is 501 g/mol. The summed E-state index contributed by atoms with van der Waals surface area (Å²) in [7, 11) is 1.60. The Morgan fingerprint density at radius 3 is 2.03 bits per heavy atom. The van der Waals surface area contributed by atoms with E-state index in [1.54, 1.807) is 30.1 Å².